The van der Waals surface area contributed by atoms with Crippen LogP contribution in [0.4, 0.5) is 22.7 Å². The topological polar surface area (TPSA) is 90.5 Å². The molecule has 3 rings (SSSR count). The summed E-state index contributed by atoms with van der Waals surface area (Å²) in [7, 11) is 1.73. The first kappa shape index (κ1) is 24.5. The first-order valence-corrected chi connectivity index (χ1v) is 11.2. The van der Waals surface area contributed by atoms with Crippen LogP contribution in [-0.2, 0) is 9.59 Å². The van der Waals surface area contributed by atoms with Gasteiger partial charge in [-0.1, -0.05) is 32.0 Å². The van der Waals surface area contributed by atoms with Gasteiger partial charge in [-0.25, -0.2) is 0 Å². The number of carbonyl (C=O) groups excluding carboxylic acids is 3. The number of carbonyl (C=O) groups is 3. The molecule has 0 aliphatic heterocycles. The molecule has 0 saturated carbocycles. The van der Waals surface area contributed by atoms with Crippen LogP contribution in [0.1, 0.15) is 30.6 Å². The van der Waals surface area contributed by atoms with Crippen molar-refractivity contribution in [3.63, 3.8) is 0 Å². The summed E-state index contributed by atoms with van der Waals surface area (Å²) in [5, 5.41) is 8.72. The number of para-hydroxylation sites is 1. The Kier molecular flexibility index (Phi) is 8.40. The third-order valence-electron chi connectivity index (χ3n) is 5.08. The van der Waals surface area contributed by atoms with Crippen molar-refractivity contribution in [3.05, 3.63) is 84.4 Å². The highest BCUT2D eigenvalue weighted by Gasteiger charge is 2.13. The van der Waals surface area contributed by atoms with Crippen LogP contribution >= 0.6 is 0 Å². The quantitative estimate of drug-likeness (QED) is 0.421. The van der Waals surface area contributed by atoms with E-state index in [9.17, 15) is 14.4 Å². The molecule has 0 heterocycles. The van der Waals surface area contributed by atoms with E-state index in [1.54, 1.807) is 48.3 Å². The van der Waals surface area contributed by atoms with E-state index >= 15 is 0 Å². The first-order valence-electron chi connectivity index (χ1n) is 11.2. The monoisotopic (exact) mass is 458 g/mol. The van der Waals surface area contributed by atoms with Crippen LogP contribution in [0.5, 0.6) is 0 Å². The van der Waals surface area contributed by atoms with Gasteiger partial charge in [-0.2, -0.15) is 0 Å². The van der Waals surface area contributed by atoms with Gasteiger partial charge in [-0.15, -0.1) is 0 Å². The Balaban J connectivity index is 1.48. The van der Waals surface area contributed by atoms with Crippen molar-refractivity contribution < 1.29 is 14.4 Å². The van der Waals surface area contributed by atoms with Crippen LogP contribution in [0.25, 0.3) is 0 Å². The third-order valence-corrected chi connectivity index (χ3v) is 5.08. The summed E-state index contributed by atoms with van der Waals surface area (Å²) in [4.78, 5) is 38.4. The lowest BCUT2D eigenvalue weighted by molar-refractivity contribution is -0.117. The summed E-state index contributed by atoms with van der Waals surface area (Å²) < 4.78 is 0. The highest BCUT2D eigenvalue weighted by atomic mass is 16.2. The van der Waals surface area contributed by atoms with E-state index in [0.29, 0.717) is 29.3 Å². The molecule has 3 N–H and O–H groups in total. The molecule has 34 heavy (non-hydrogen) atoms. The predicted molar refractivity (Wildman–Crippen MR) is 137 cm³/mol. The molecule has 7 nitrogen and oxygen atoms in total. The zero-order valence-electron chi connectivity index (χ0n) is 19.7. The van der Waals surface area contributed by atoms with Crippen LogP contribution in [-0.4, -0.2) is 31.3 Å². The molecule has 3 amide bonds. The zero-order chi connectivity index (χ0) is 24.5. The molecule has 0 unspecified atom stereocenters. The van der Waals surface area contributed by atoms with Crippen molar-refractivity contribution in [2.45, 2.75) is 20.3 Å². The Morgan fingerprint density at radius 3 is 1.85 bits per heavy atom. The normalized spacial score (nSPS) is 10.5. The fourth-order valence-corrected chi connectivity index (χ4v) is 3.30. The molecule has 0 spiro atoms. The van der Waals surface area contributed by atoms with Gasteiger partial charge in [0.05, 0.1) is 6.54 Å². The molecule has 3 aromatic rings. The van der Waals surface area contributed by atoms with Crippen LogP contribution in [0.3, 0.4) is 0 Å². The lowest BCUT2D eigenvalue weighted by Gasteiger charge is -2.17. The Hall–Kier alpha value is -4.13. The van der Waals surface area contributed by atoms with Gasteiger partial charge in [0, 0.05) is 41.8 Å². The number of rotatable bonds is 9. The number of hydrogen-bond acceptors (Lipinski definition) is 4. The number of amides is 3. The van der Waals surface area contributed by atoms with Crippen molar-refractivity contribution in [1.29, 1.82) is 0 Å². The predicted octanol–water partition coefficient (Wildman–Crippen LogP) is 5.00. The van der Waals surface area contributed by atoms with E-state index in [2.05, 4.69) is 16.0 Å². The average Bonchev–Trinajstić information content (AvgIpc) is 2.83. The van der Waals surface area contributed by atoms with E-state index in [1.165, 1.54) is 0 Å². The summed E-state index contributed by atoms with van der Waals surface area (Å²) in [6.45, 7) is 4.07. The summed E-state index contributed by atoms with van der Waals surface area (Å²) in [6, 6.07) is 23.4. The van der Waals surface area contributed by atoms with E-state index in [4.69, 9.17) is 0 Å². The summed E-state index contributed by atoms with van der Waals surface area (Å²) in [6.07, 6.45) is 0.471. The highest BCUT2D eigenvalue weighted by Crippen LogP contribution is 2.17. The van der Waals surface area contributed by atoms with Gasteiger partial charge in [0.25, 0.3) is 5.91 Å². The maximum Gasteiger partial charge on any atom is 0.258 e. The fraction of sp³-hybridized carbons (Fsp3) is 0.222. The van der Waals surface area contributed by atoms with Gasteiger partial charge in [0.2, 0.25) is 11.8 Å². The SMILES string of the molecule is CC(C)CC(=O)Nc1ccc(NCC(=O)Nc2ccc(C(=O)N(C)c3ccccc3)cc2)cc1. The maximum absolute atomic E-state index is 12.7. The number of hydrogen-bond donors (Lipinski definition) is 3. The molecule has 0 radical (unpaired) electrons. The molecule has 0 atom stereocenters. The Bertz CT molecular complexity index is 1110. The second kappa shape index (κ2) is 11.7. The first-order chi connectivity index (χ1) is 16.3. The van der Waals surface area contributed by atoms with Crippen molar-refractivity contribution in [2.75, 3.05) is 34.4 Å². The molecule has 0 aliphatic rings. The standard InChI is InChI=1S/C27H30N4O3/c1-19(2)17-25(32)29-23-15-13-21(14-16-23)28-18-26(33)30-22-11-9-20(10-12-22)27(34)31(3)24-7-5-4-6-8-24/h4-16,19,28H,17-18H2,1-3H3,(H,29,32)(H,30,33). The molecule has 0 aromatic heterocycles. The molecular formula is C27H30N4O3. The summed E-state index contributed by atoms with van der Waals surface area (Å²) in [5.41, 5.74) is 3.43. The molecule has 3 aromatic carbocycles. The molecule has 7 heteroatoms. The fourth-order valence-electron chi connectivity index (χ4n) is 3.30. The minimum Gasteiger partial charge on any atom is -0.376 e. The second-order valence-electron chi connectivity index (χ2n) is 8.40. The smallest absolute Gasteiger partial charge is 0.258 e. The van der Waals surface area contributed by atoms with E-state index < -0.39 is 0 Å². The minimum absolute atomic E-state index is 0.0190. The molecule has 176 valence electrons. The second-order valence-corrected chi connectivity index (χ2v) is 8.40. The molecular weight excluding hydrogens is 428 g/mol. The maximum atomic E-state index is 12.7. The van der Waals surface area contributed by atoms with Crippen molar-refractivity contribution in [3.8, 4) is 0 Å². The largest absolute Gasteiger partial charge is 0.376 e. The van der Waals surface area contributed by atoms with Crippen molar-refractivity contribution in [2.24, 2.45) is 5.92 Å². The number of anilines is 4. The minimum atomic E-state index is -0.213. The molecule has 0 aliphatic carbocycles. The number of nitrogens with zero attached hydrogens (tertiary/aromatic N) is 1. The van der Waals surface area contributed by atoms with Crippen LogP contribution in [0, 0.1) is 5.92 Å². The van der Waals surface area contributed by atoms with Crippen LogP contribution in [0.15, 0.2) is 78.9 Å². The van der Waals surface area contributed by atoms with Crippen LogP contribution in [0.2, 0.25) is 0 Å². The third kappa shape index (κ3) is 7.20. The Morgan fingerprint density at radius 2 is 1.26 bits per heavy atom. The Morgan fingerprint density at radius 1 is 0.735 bits per heavy atom. The molecule has 0 saturated heterocycles. The highest BCUT2D eigenvalue weighted by molar-refractivity contribution is 6.06. The van der Waals surface area contributed by atoms with Gasteiger partial charge in [-0.3, -0.25) is 14.4 Å². The van der Waals surface area contributed by atoms with Gasteiger partial charge in [0.15, 0.2) is 0 Å². The van der Waals surface area contributed by atoms with E-state index in [1.807, 2.05) is 56.3 Å². The van der Waals surface area contributed by atoms with Gasteiger partial charge >= 0.3 is 0 Å². The van der Waals surface area contributed by atoms with Crippen molar-refractivity contribution >= 4 is 40.5 Å². The van der Waals surface area contributed by atoms with E-state index in [-0.39, 0.29) is 24.3 Å². The zero-order valence-corrected chi connectivity index (χ0v) is 19.7. The van der Waals surface area contributed by atoms with Gasteiger partial charge in [-0.05, 0) is 66.6 Å². The summed E-state index contributed by atoms with van der Waals surface area (Å²) in [5.74, 6) is -0.0642. The Labute approximate surface area is 200 Å². The lowest BCUT2D eigenvalue weighted by atomic mass is 10.1. The van der Waals surface area contributed by atoms with E-state index in [0.717, 1.165) is 11.4 Å². The van der Waals surface area contributed by atoms with Gasteiger partial charge in [0.1, 0.15) is 0 Å². The molecule has 0 fully saturated rings. The molecule has 0 bridgehead atoms. The number of benzene rings is 3. The summed E-state index contributed by atoms with van der Waals surface area (Å²) >= 11 is 0. The van der Waals surface area contributed by atoms with Crippen molar-refractivity contribution in [1.82, 2.24) is 0 Å². The average molecular weight is 459 g/mol. The number of nitrogens with one attached hydrogen (secondary N) is 3. The van der Waals surface area contributed by atoms with Crippen LogP contribution < -0.4 is 20.9 Å². The lowest BCUT2D eigenvalue weighted by Crippen LogP contribution is -2.26. The van der Waals surface area contributed by atoms with Gasteiger partial charge < -0.3 is 20.9 Å².